The maximum Gasteiger partial charge on any atom is 0.269 e. The molecule has 1 N–H and O–H groups in total. The van der Waals surface area contributed by atoms with Crippen molar-refractivity contribution in [2.45, 2.75) is 26.8 Å². The molecule has 0 saturated heterocycles. The number of hydrogen-bond donors (Lipinski definition) is 1. The largest absolute Gasteiger partial charge is 0.335 e. The number of para-hydroxylation sites is 3. The molecule has 0 radical (unpaired) electrons. The van der Waals surface area contributed by atoms with Gasteiger partial charge in [-0.2, -0.15) is 5.10 Å². The van der Waals surface area contributed by atoms with E-state index in [4.69, 9.17) is 15.1 Å². The maximum absolute atomic E-state index is 11.9. The molecule has 2 aliphatic heterocycles. The molecular weight excluding hydrogens is 526 g/mol. The number of anilines is 2. The number of nitro benzene ring substituents is 1. The fraction of sp³-hybridized carbons (Fsp3) is 0.121. The number of rotatable bonds is 4. The number of aliphatic imine (C=N–C) groups is 2. The fourth-order valence-corrected chi connectivity index (χ4v) is 5.76. The van der Waals surface area contributed by atoms with Gasteiger partial charge in [-0.1, -0.05) is 60.2 Å². The number of amidine groups is 2. The van der Waals surface area contributed by atoms with Crippen molar-refractivity contribution in [1.82, 2.24) is 9.78 Å². The number of nitrogens with one attached hydrogen (secondary N) is 1. The molecule has 0 unspecified atom stereocenters. The van der Waals surface area contributed by atoms with E-state index in [2.05, 4.69) is 23.2 Å². The molecule has 5 aromatic rings. The Morgan fingerprint density at radius 2 is 1.69 bits per heavy atom. The highest BCUT2D eigenvalue weighted by Crippen LogP contribution is 2.48. The minimum atomic E-state index is -0.447. The average Bonchev–Trinajstić information content (AvgIpc) is 3.33. The van der Waals surface area contributed by atoms with Crippen molar-refractivity contribution in [2.24, 2.45) is 9.98 Å². The molecule has 9 nitrogen and oxygen atoms in total. The first-order valence-electron chi connectivity index (χ1n) is 13.7. The lowest BCUT2D eigenvalue weighted by atomic mass is 9.93. The van der Waals surface area contributed by atoms with Crippen LogP contribution in [-0.2, 0) is 0 Å². The lowest BCUT2D eigenvalue weighted by molar-refractivity contribution is -0.384. The van der Waals surface area contributed by atoms with E-state index in [1.54, 1.807) is 12.1 Å². The van der Waals surface area contributed by atoms with Gasteiger partial charge >= 0.3 is 0 Å². The van der Waals surface area contributed by atoms with E-state index >= 15 is 0 Å². The van der Waals surface area contributed by atoms with Gasteiger partial charge in [0.25, 0.3) is 5.69 Å². The number of benzene rings is 4. The van der Waals surface area contributed by atoms with Crippen molar-refractivity contribution < 1.29 is 4.92 Å². The molecule has 0 bridgehead atoms. The summed E-state index contributed by atoms with van der Waals surface area (Å²) in [6.07, 6.45) is 0. The average molecular weight is 554 g/mol. The van der Waals surface area contributed by atoms with Crippen LogP contribution in [0.2, 0.25) is 0 Å². The highest BCUT2D eigenvalue weighted by atomic mass is 16.6. The summed E-state index contributed by atoms with van der Waals surface area (Å²) in [6, 6.07) is 30.4. The molecule has 1 aromatic heterocycles. The number of hydrogen-bond acceptors (Lipinski definition) is 6. The molecular formula is C33H27N7O2. The van der Waals surface area contributed by atoms with E-state index in [1.807, 2.05) is 91.3 Å². The Bertz CT molecular complexity index is 1940. The van der Waals surface area contributed by atoms with Gasteiger partial charge in [0.1, 0.15) is 0 Å². The number of fused-ring (bicyclic) bond motifs is 4. The van der Waals surface area contributed by atoms with E-state index in [0.717, 1.165) is 50.7 Å². The maximum atomic E-state index is 11.9. The Hall–Kier alpha value is -5.57. The number of nitrogens with zero attached hydrogens (tertiary/aromatic N) is 6. The van der Waals surface area contributed by atoms with Crippen LogP contribution in [0.5, 0.6) is 0 Å². The first-order valence-corrected chi connectivity index (χ1v) is 13.7. The minimum Gasteiger partial charge on any atom is -0.335 e. The number of non-ortho nitro benzene ring substituents is 1. The molecule has 7 rings (SSSR count). The molecule has 4 aromatic carbocycles. The zero-order valence-corrected chi connectivity index (χ0v) is 23.3. The summed E-state index contributed by atoms with van der Waals surface area (Å²) in [6.45, 7) is 6.06. The van der Waals surface area contributed by atoms with Crippen molar-refractivity contribution in [3.8, 4) is 5.69 Å². The van der Waals surface area contributed by atoms with E-state index in [1.165, 1.54) is 6.07 Å². The highest BCUT2D eigenvalue weighted by molar-refractivity contribution is 6.52. The monoisotopic (exact) mass is 553 g/mol. The second kappa shape index (κ2) is 9.81. The van der Waals surface area contributed by atoms with E-state index in [-0.39, 0.29) is 10.6 Å². The smallest absolute Gasteiger partial charge is 0.269 e. The van der Waals surface area contributed by atoms with Gasteiger partial charge in [0.2, 0.25) is 0 Å². The Balaban J connectivity index is 1.54. The van der Waals surface area contributed by atoms with Crippen LogP contribution in [0, 0.1) is 30.9 Å². The highest BCUT2D eigenvalue weighted by Gasteiger charge is 2.42. The summed E-state index contributed by atoms with van der Waals surface area (Å²) < 4.78 is 1.84. The van der Waals surface area contributed by atoms with Crippen molar-refractivity contribution in [3.05, 3.63) is 135 Å². The second-order valence-corrected chi connectivity index (χ2v) is 10.5. The molecule has 9 heteroatoms. The van der Waals surface area contributed by atoms with Crippen molar-refractivity contribution in [2.75, 3.05) is 10.2 Å². The van der Waals surface area contributed by atoms with Gasteiger partial charge in [0.05, 0.1) is 39.4 Å². The minimum absolute atomic E-state index is 0.0267. The van der Waals surface area contributed by atoms with E-state index in [9.17, 15) is 10.1 Å². The van der Waals surface area contributed by atoms with Gasteiger partial charge in [0, 0.05) is 17.7 Å². The molecule has 2 aliphatic rings. The van der Waals surface area contributed by atoms with Crippen LogP contribution in [0.15, 0.2) is 107 Å². The second-order valence-electron chi connectivity index (χ2n) is 10.5. The first-order chi connectivity index (χ1) is 20.4. The molecule has 0 spiro atoms. The van der Waals surface area contributed by atoms with Crippen LogP contribution in [0.25, 0.3) is 5.69 Å². The number of aryl methyl sites for hydroxylation is 3. The van der Waals surface area contributed by atoms with Crippen LogP contribution in [0.4, 0.5) is 28.6 Å². The van der Waals surface area contributed by atoms with E-state index in [0.29, 0.717) is 17.5 Å². The van der Waals surface area contributed by atoms with Crippen molar-refractivity contribution >= 4 is 40.2 Å². The summed E-state index contributed by atoms with van der Waals surface area (Å²) in [7, 11) is 0. The molecule has 0 fully saturated rings. The lowest BCUT2D eigenvalue weighted by Gasteiger charge is -2.41. The number of aromatic nitrogens is 2. The van der Waals surface area contributed by atoms with Crippen molar-refractivity contribution in [1.29, 1.82) is 0 Å². The SMILES string of the molecule is Cc1ccc(N=C2Nc3ccccc3N3C2=Nc2c(c(C)nn2-c2ccccc2)[C@H]3c2cccc([N+](=O)[O-])c2)c(C)c1. The van der Waals surface area contributed by atoms with Crippen LogP contribution >= 0.6 is 0 Å². The van der Waals surface area contributed by atoms with Crippen molar-refractivity contribution in [3.63, 3.8) is 0 Å². The van der Waals surface area contributed by atoms with Gasteiger partial charge in [0.15, 0.2) is 17.5 Å². The molecule has 3 heterocycles. The first kappa shape index (κ1) is 25.4. The Kier molecular flexibility index (Phi) is 5.93. The van der Waals surface area contributed by atoms with Gasteiger partial charge in [-0.05, 0) is 62.2 Å². The summed E-state index contributed by atoms with van der Waals surface area (Å²) in [5, 5.41) is 20.3. The van der Waals surface area contributed by atoms with Crippen LogP contribution in [0.1, 0.15) is 34.0 Å². The van der Waals surface area contributed by atoms with Gasteiger partial charge in [-0.25, -0.2) is 14.7 Å². The molecule has 0 saturated carbocycles. The zero-order chi connectivity index (χ0) is 29.0. The van der Waals surface area contributed by atoms with Crippen LogP contribution in [-0.4, -0.2) is 26.4 Å². The third-order valence-corrected chi connectivity index (χ3v) is 7.66. The third kappa shape index (κ3) is 4.14. The quantitative estimate of drug-likeness (QED) is 0.183. The molecule has 206 valence electrons. The molecule has 0 amide bonds. The summed E-state index contributed by atoms with van der Waals surface area (Å²) in [5.41, 5.74) is 8.12. The molecule has 42 heavy (non-hydrogen) atoms. The third-order valence-electron chi connectivity index (χ3n) is 7.66. The summed E-state index contributed by atoms with van der Waals surface area (Å²) >= 11 is 0. The molecule has 0 aliphatic carbocycles. The topological polar surface area (TPSA) is 101 Å². The lowest BCUT2D eigenvalue weighted by Crippen LogP contribution is -2.48. The molecule has 1 atom stereocenters. The standard InChI is InChI=1S/C33H27N7O2/c1-20-16-17-26(21(2)18-20)34-31-33-36-32-29(22(3)37-39(32)24-11-5-4-6-12-24)30(23-10-9-13-25(19-23)40(41)42)38(33)28-15-8-7-14-27(28)35-31/h4-19,30H,1-3H3,(H,34,35)/t30-/m1/s1. The van der Waals surface area contributed by atoms with Crippen LogP contribution in [0.3, 0.4) is 0 Å². The summed E-state index contributed by atoms with van der Waals surface area (Å²) in [4.78, 5) is 23.9. The Morgan fingerprint density at radius 1 is 0.905 bits per heavy atom. The van der Waals surface area contributed by atoms with Gasteiger partial charge < -0.3 is 10.2 Å². The zero-order valence-electron chi connectivity index (χ0n) is 23.3. The Morgan fingerprint density at radius 3 is 2.48 bits per heavy atom. The van der Waals surface area contributed by atoms with Gasteiger partial charge in [-0.3, -0.25) is 10.1 Å². The summed E-state index contributed by atoms with van der Waals surface area (Å²) in [5.74, 6) is 1.85. The van der Waals surface area contributed by atoms with Crippen LogP contribution < -0.4 is 10.2 Å². The fourth-order valence-electron chi connectivity index (χ4n) is 5.76. The number of nitro groups is 1. The normalized spacial score (nSPS) is 16.3. The predicted molar refractivity (Wildman–Crippen MR) is 166 cm³/mol. The van der Waals surface area contributed by atoms with E-state index < -0.39 is 6.04 Å². The van der Waals surface area contributed by atoms with Gasteiger partial charge in [-0.15, -0.1) is 0 Å². The Labute approximate surface area is 242 Å². The predicted octanol–water partition coefficient (Wildman–Crippen LogP) is 7.50.